The summed E-state index contributed by atoms with van der Waals surface area (Å²) < 4.78 is 40.1. The monoisotopic (exact) mass is 435 g/mol. The molecule has 0 spiro atoms. The van der Waals surface area contributed by atoms with E-state index in [-0.39, 0.29) is 11.6 Å². The van der Waals surface area contributed by atoms with Gasteiger partial charge < -0.3 is 9.51 Å². The van der Waals surface area contributed by atoms with E-state index in [0.29, 0.717) is 31.7 Å². The zero-order valence-corrected chi connectivity index (χ0v) is 17.3. The molecule has 7 nitrogen and oxygen atoms in total. The lowest BCUT2D eigenvalue weighted by atomic mass is 10.00. The fourth-order valence-corrected chi connectivity index (χ4v) is 4.47. The first-order valence-electron chi connectivity index (χ1n) is 10.1. The number of nitrogens with one attached hydrogen (secondary N) is 1. The maximum atomic E-state index is 12.7. The largest absolute Gasteiger partial charge is 0.478 e. The first kappa shape index (κ1) is 21.4. The fraction of sp³-hybridized carbons (Fsp3) is 0.429. The molecule has 1 atom stereocenters. The first-order valence-corrected chi connectivity index (χ1v) is 10.1. The number of carboxylic acid groups (broad SMARTS) is 1. The summed E-state index contributed by atoms with van der Waals surface area (Å²) in [5.74, 6) is -1.01. The van der Waals surface area contributed by atoms with Crippen LogP contribution in [0.1, 0.15) is 34.6 Å². The quantitative estimate of drug-likeness (QED) is 0.641. The van der Waals surface area contributed by atoms with Crippen molar-refractivity contribution in [3.05, 3.63) is 47.4 Å². The van der Waals surface area contributed by atoms with Crippen LogP contribution in [-0.4, -0.2) is 74.4 Å². The summed E-state index contributed by atoms with van der Waals surface area (Å²) >= 11 is 0. The third-order valence-corrected chi connectivity index (χ3v) is 6.03. The minimum absolute atomic E-state index is 0.170. The third kappa shape index (κ3) is 4.17. The topological polar surface area (TPSA) is 76.9 Å². The average molecular weight is 435 g/mol. The summed E-state index contributed by atoms with van der Waals surface area (Å²) in [4.78, 5) is 15.5. The lowest BCUT2D eigenvalue weighted by molar-refractivity contribution is -0.149. The summed E-state index contributed by atoms with van der Waals surface area (Å²) in [6.07, 6.45) is -0.675. The average Bonchev–Trinajstić information content (AvgIpc) is 3.35. The van der Waals surface area contributed by atoms with Crippen LogP contribution in [-0.2, 0) is 0 Å². The lowest BCUT2D eigenvalue weighted by Crippen LogP contribution is -2.49. The molecule has 1 unspecified atom stereocenters. The smallest absolute Gasteiger partial charge is 0.401 e. The second-order valence-corrected chi connectivity index (χ2v) is 7.93. The number of nitrogens with zero attached hydrogens (tertiary/aromatic N) is 4. The van der Waals surface area contributed by atoms with Gasteiger partial charge in [0, 0.05) is 55.9 Å². The Balaban J connectivity index is 1.70. The standard InChI is InChI=1S/C21H24F3N5O2/c1-13-16(20(30)31)11-18-15(17-3-5-25-26-17)4-6-29(18)19(13)14(2)28-9-7-27(8-10-28)12-21(22,23)24/h3-6,11,14H,7-10,12H2,1-2H3,(H,25,26)(H,30,31). The highest BCUT2D eigenvalue weighted by molar-refractivity contribution is 5.93. The minimum atomic E-state index is -4.21. The zero-order valence-electron chi connectivity index (χ0n) is 17.3. The lowest BCUT2D eigenvalue weighted by Gasteiger charge is -2.39. The highest BCUT2D eigenvalue weighted by Gasteiger charge is 2.33. The molecule has 1 saturated heterocycles. The van der Waals surface area contributed by atoms with Crippen LogP contribution >= 0.6 is 0 Å². The number of rotatable bonds is 5. The summed E-state index contributed by atoms with van der Waals surface area (Å²) in [5, 5.41) is 16.7. The molecule has 0 aliphatic carbocycles. The molecule has 166 valence electrons. The van der Waals surface area contributed by atoms with Crippen molar-refractivity contribution in [3.63, 3.8) is 0 Å². The number of aromatic nitrogens is 3. The van der Waals surface area contributed by atoms with E-state index >= 15 is 0 Å². The van der Waals surface area contributed by atoms with Crippen molar-refractivity contribution in [1.82, 2.24) is 24.4 Å². The number of halogens is 3. The molecule has 3 aromatic heterocycles. The van der Waals surface area contributed by atoms with Gasteiger partial charge in [0.15, 0.2) is 0 Å². The molecule has 0 amide bonds. The number of H-pyrrole nitrogens is 1. The molecule has 0 radical (unpaired) electrons. The summed E-state index contributed by atoms with van der Waals surface area (Å²) in [7, 11) is 0. The highest BCUT2D eigenvalue weighted by Crippen LogP contribution is 2.33. The molecular formula is C21H24F3N5O2. The molecule has 3 aromatic rings. The fourth-order valence-electron chi connectivity index (χ4n) is 4.47. The van der Waals surface area contributed by atoms with Gasteiger partial charge in [0.25, 0.3) is 0 Å². The van der Waals surface area contributed by atoms with Crippen LogP contribution in [0.25, 0.3) is 16.8 Å². The van der Waals surface area contributed by atoms with Crippen molar-refractivity contribution in [1.29, 1.82) is 0 Å². The van der Waals surface area contributed by atoms with Crippen molar-refractivity contribution in [2.75, 3.05) is 32.7 Å². The summed E-state index contributed by atoms with van der Waals surface area (Å²) in [6.45, 7) is 4.44. The van der Waals surface area contributed by atoms with E-state index in [0.717, 1.165) is 22.5 Å². The first-order chi connectivity index (χ1) is 14.7. The van der Waals surface area contributed by atoms with Crippen molar-refractivity contribution in [2.45, 2.75) is 26.1 Å². The van der Waals surface area contributed by atoms with Gasteiger partial charge in [0.1, 0.15) is 0 Å². The molecule has 0 aromatic carbocycles. The predicted molar refractivity (Wildman–Crippen MR) is 109 cm³/mol. The highest BCUT2D eigenvalue weighted by atomic mass is 19.4. The van der Waals surface area contributed by atoms with Crippen molar-refractivity contribution in [2.24, 2.45) is 0 Å². The molecule has 10 heteroatoms. The van der Waals surface area contributed by atoms with Crippen molar-refractivity contribution < 1.29 is 23.1 Å². The Morgan fingerprint density at radius 3 is 2.55 bits per heavy atom. The summed E-state index contributed by atoms with van der Waals surface area (Å²) in [6, 6.07) is 5.21. The van der Waals surface area contributed by atoms with Gasteiger partial charge in [-0.2, -0.15) is 18.3 Å². The number of carboxylic acids is 1. The molecular weight excluding hydrogens is 411 g/mol. The number of pyridine rings is 1. The van der Waals surface area contributed by atoms with E-state index in [1.807, 2.05) is 29.7 Å². The molecule has 31 heavy (non-hydrogen) atoms. The number of aromatic carboxylic acids is 1. The second kappa shape index (κ2) is 8.01. The van der Waals surface area contributed by atoms with Crippen LogP contribution in [0.3, 0.4) is 0 Å². The Labute approximate surface area is 177 Å². The number of hydrogen-bond acceptors (Lipinski definition) is 4. The van der Waals surface area contributed by atoms with Crippen LogP contribution < -0.4 is 0 Å². The van der Waals surface area contributed by atoms with E-state index < -0.39 is 18.7 Å². The Hall–Kier alpha value is -2.85. The van der Waals surface area contributed by atoms with Crippen LogP contribution in [0.15, 0.2) is 30.6 Å². The van der Waals surface area contributed by atoms with Gasteiger partial charge in [-0.3, -0.25) is 14.9 Å². The van der Waals surface area contributed by atoms with Gasteiger partial charge in [0.2, 0.25) is 0 Å². The van der Waals surface area contributed by atoms with Gasteiger partial charge >= 0.3 is 12.1 Å². The SMILES string of the molecule is Cc1c(C(=O)O)cc2c(-c3ccn[nH]3)ccn2c1C(C)N1CCN(CC(F)(F)F)CC1. The zero-order chi connectivity index (χ0) is 22.3. The van der Waals surface area contributed by atoms with Crippen molar-refractivity contribution in [3.8, 4) is 11.3 Å². The van der Waals surface area contributed by atoms with E-state index in [4.69, 9.17) is 0 Å². The number of aromatic amines is 1. The van der Waals surface area contributed by atoms with Gasteiger partial charge in [-0.1, -0.05) is 0 Å². The minimum Gasteiger partial charge on any atom is -0.478 e. The predicted octanol–water partition coefficient (Wildman–Crippen LogP) is 3.58. The van der Waals surface area contributed by atoms with Gasteiger partial charge in [0.05, 0.1) is 23.3 Å². The van der Waals surface area contributed by atoms with E-state index in [9.17, 15) is 23.1 Å². The maximum absolute atomic E-state index is 12.7. The Kier molecular flexibility index (Phi) is 5.52. The number of hydrogen-bond donors (Lipinski definition) is 2. The molecule has 1 aliphatic heterocycles. The van der Waals surface area contributed by atoms with Gasteiger partial charge in [-0.05, 0) is 37.6 Å². The number of carbonyl (C=O) groups is 1. The Bertz CT molecular complexity index is 1080. The Morgan fingerprint density at radius 1 is 1.26 bits per heavy atom. The van der Waals surface area contributed by atoms with Crippen LogP contribution in [0, 0.1) is 6.92 Å². The number of piperazine rings is 1. The molecule has 0 saturated carbocycles. The Morgan fingerprint density at radius 2 is 1.97 bits per heavy atom. The molecule has 0 bridgehead atoms. The van der Waals surface area contributed by atoms with Crippen LogP contribution in [0.4, 0.5) is 13.2 Å². The normalized spacial score (nSPS) is 17.3. The second-order valence-electron chi connectivity index (χ2n) is 7.93. The van der Waals surface area contributed by atoms with Gasteiger partial charge in [-0.25, -0.2) is 4.79 Å². The molecule has 4 heterocycles. The van der Waals surface area contributed by atoms with E-state index in [2.05, 4.69) is 15.1 Å². The summed E-state index contributed by atoms with van der Waals surface area (Å²) in [5.41, 5.74) is 4.04. The molecule has 2 N–H and O–H groups in total. The van der Waals surface area contributed by atoms with Gasteiger partial charge in [-0.15, -0.1) is 0 Å². The number of alkyl halides is 3. The number of fused-ring (bicyclic) bond motifs is 1. The van der Waals surface area contributed by atoms with E-state index in [1.54, 1.807) is 19.2 Å². The van der Waals surface area contributed by atoms with E-state index in [1.165, 1.54) is 4.90 Å². The molecule has 4 rings (SSSR count). The third-order valence-electron chi connectivity index (χ3n) is 6.03. The maximum Gasteiger partial charge on any atom is 0.401 e. The van der Waals surface area contributed by atoms with Crippen molar-refractivity contribution >= 4 is 11.5 Å². The van der Waals surface area contributed by atoms with Crippen LogP contribution in [0.5, 0.6) is 0 Å². The van der Waals surface area contributed by atoms with Crippen LogP contribution in [0.2, 0.25) is 0 Å². The molecule has 1 fully saturated rings. The molecule has 1 aliphatic rings.